The molecule has 110 valence electrons. The Morgan fingerprint density at radius 3 is 2.74 bits per heavy atom. The van der Waals surface area contributed by atoms with Crippen molar-refractivity contribution in [2.75, 3.05) is 31.1 Å². The molecule has 0 bridgehead atoms. The second kappa shape index (κ2) is 5.76. The minimum atomic E-state index is -2.94. The number of amides is 1. The summed E-state index contributed by atoms with van der Waals surface area (Å²) in [6.45, 7) is 3.95. The summed E-state index contributed by atoms with van der Waals surface area (Å²) in [7, 11) is -2.94. The number of nitrogens with one attached hydrogen (secondary N) is 1. The number of nitrogens with two attached hydrogens (primary N) is 1. The van der Waals surface area contributed by atoms with Gasteiger partial charge in [-0.15, -0.1) is 0 Å². The van der Waals surface area contributed by atoms with Crippen LogP contribution in [-0.2, 0) is 14.6 Å². The minimum Gasteiger partial charge on any atom is -0.351 e. The summed E-state index contributed by atoms with van der Waals surface area (Å²) < 4.78 is 22.7. The summed E-state index contributed by atoms with van der Waals surface area (Å²) in [5.41, 5.74) is 5.66. The van der Waals surface area contributed by atoms with E-state index in [-0.39, 0.29) is 23.5 Å². The lowest BCUT2D eigenvalue weighted by Crippen LogP contribution is -2.43. The van der Waals surface area contributed by atoms with E-state index < -0.39 is 9.84 Å². The maximum absolute atomic E-state index is 11.9. The van der Waals surface area contributed by atoms with Crippen LogP contribution in [0.4, 0.5) is 0 Å². The number of likely N-dealkylation sites (tertiary alicyclic amines) is 1. The lowest BCUT2D eigenvalue weighted by atomic mass is 10.1. The molecule has 3 N–H and O–H groups in total. The van der Waals surface area contributed by atoms with Gasteiger partial charge in [-0.1, -0.05) is 0 Å². The third-order valence-corrected chi connectivity index (χ3v) is 5.84. The summed E-state index contributed by atoms with van der Waals surface area (Å²) in [4.78, 5) is 14.0. The molecule has 0 aromatic carbocycles. The molecule has 2 fully saturated rings. The number of carbonyl (C=O) groups is 1. The van der Waals surface area contributed by atoms with Crippen LogP contribution in [0, 0.1) is 5.92 Å². The van der Waals surface area contributed by atoms with E-state index in [0.717, 1.165) is 13.0 Å². The van der Waals surface area contributed by atoms with Crippen molar-refractivity contribution < 1.29 is 13.2 Å². The molecule has 19 heavy (non-hydrogen) atoms. The summed E-state index contributed by atoms with van der Waals surface area (Å²) in [5, 5.41) is 2.82. The standard InChI is InChI=1S/C12H23N3O3S/c1-9-4-10(5-13)6-15(9)7-12(16)14-11-2-3-19(17,18)8-11/h9-11H,2-8,13H2,1H3,(H,14,16). The number of carbonyl (C=O) groups excluding carboxylic acids is 1. The highest BCUT2D eigenvalue weighted by molar-refractivity contribution is 7.91. The summed E-state index contributed by atoms with van der Waals surface area (Å²) in [6, 6.07) is 0.160. The second-order valence-corrected chi connectivity index (χ2v) is 8.01. The lowest BCUT2D eigenvalue weighted by molar-refractivity contribution is -0.123. The van der Waals surface area contributed by atoms with Gasteiger partial charge in [-0.25, -0.2) is 8.42 Å². The number of hydrogen-bond donors (Lipinski definition) is 2. The predicted octanol–water partition coefficient (Wildman–Crippen LogP) is -1.04. The van der Waals surface area contributed by atoms with Crippen LogP contribution >= 0.6 is 0 Å². The molecule has 2 heterocycles. The van der Waals surface area contributed by atoms with E-state index in [4.69, 9.17) is 5.73 Å². The molecule has 6 nitrogen and oxygen atoms in total. The maximum atomic E-state index is 11.9. The van der Waals surface area contributed by atoms with Crippen LogP contribution in [0.25, 0.3) is 0 Å². The van der Waals surface area contributed by atoms with Crippen molar-refractivity contribution in [2.45, 2.75) is 31.8 Å². The predicted molar refractivity (Wildman–Crippen MR) is 73.4 cm³/mol. The fourth-order valence-corrected chi connectivity index (χ4v) is 4.65. The van der Waals surface area contributed by atoms with Crippen molar-refractivity contribution >= 4 is 15.7 Å². The summed E-state index contributed by atoms with van der Waals surface area (Å²) in [6.07, 6.45) is 1.57. The van der Waals surface area contributed by atoms with Crippen LogP contribution in [0.15, 0.2) is 0 Å². The van der Waals surface area contributed by atoms with Crippen LogP contribution in [0.1, 0.15) is 19.8 Å². The Bertz CT molecular complexity index is 438. The molecule has 3 atom stereocenters. The van der Waals surface area contributed by atoms with Gasteiger partial charge in [0.2, 0.25) is 5.91 Å². The first-order valence-electron chi connectivity index (χ1n) is 6.83. The number of rotatable bonds is 4. The van der Waals surface area contributed by atoms with E-state index in [1.54, 1.807) is 0 Å². The van der Waals surface area contributed by atoms with Gasteiger partial charge in [0.05, 0.1) is 18.1 Å². The molecule has 2 rings (SSSR count). The van der Waals surface area contributed by atoms with Crippen LogP contribution in [-0.4, -0.2) is 62.4 Å². The van der Waals surface area contributed by atoms with E-state index in [1.165, 1.54) is 0 Å². The van der Waals surface area contributed by atoms with Gasteiger partial charge in [0.15, 0.2) is 9.84 Å². The number of sulfone groups is 1. The Balaban J connectivity index is 1.79. The Hall–Kier alpha value is -0.660. The zero-order chi connectivity index (χ0) is 14.0. The highest BCUT2D eigenvalue weighted by Gasteiger charge is 2.32. The average molecular weight is 289 g/mol. The van der Waals surface area contributed by atoms with Gasteiger partial charge in [0.1, 0.15) is 0 Å². The molecule has 0 aromatic rings. The zero-order valence-corrected chi connectivity index (χ0v) is 12.2. The van der Waals surface area contributed by atoms with Gasteiger partial charge in [-0.3, -0.25) is 9.69 Å². The Morgan fingerprint density at radius 1 is 1.47 bits per heavy atom. The van der Waals surface area contributed by atoms with Gasteiger partial charge < -0.3 is 11.1 Å². The Morgan fingerprint density at radius 2 is 2.21 bits per heavy atom. The third kappa shape index (κ3) is 3.90. The van der Waals surface area contributed by atoms with E-state index in [9.17, 15) is 13.2 Å². The van der Waals surface area contributed by atoms with Gasteiger partial charge >= 0.3 is 0 Å². The first-order valence-corrected chi connectivity index (χ1v) is 8.65. The normalized spacial score (nSPS) is 34.5. The number of hydrogen-bond acceptors (Lipinski definition) is 5. The fraction of sp³-hybridized carbons (Fsp3) is 0.917. The second-order valence-electron chi connectivity index (χ2n) is 5.78. The highest BCUT2D eigenvalue weighted by Crippen LogP contribution is 2.21. The minimum absolute atomic E-state index is 0.0772. The van der Waals surface area contributed by atoms with Gasteiger partial charge in [-0.2, -0.15) is 0 Å². The largest absolute Gasteiger partial charge is 0.351 e. The van der Waals surface area contributed by atoms with Crippen LogP contribution < -0.4 is 11.1 Å². The smallest absolute Gasteiger partial charge is 0.234 e. The first-order chi connectivity index (χ1) is 8.89. The van der Waals surface area contributed by atoms with Gasteiger partial charge in [0.25, 0.3) is 0 Å². The molecular weight excluding hydrogens is 266 g/mol. The topological polar surface area (TPSA) is 92.5 Å². The van der Waals surface area contributed by atoms with Crippen LogP contribution in [0.5, 0.6) is 0 Å². The fourth-order valence-electron chi connectivity index (χ4n) is 2.98. The third-order valence-electron chi connectivity index (χ3n) is 4.07. The van der Waals surface area contributed by atoms with Gasteiger partial charge in [-0.05, 0) is 32.2 Å². The van der Waals surface area contributed by atoms with Crippen LogP contribution in [0.3, 0.4) is 0 Å². The maximum Gasteiger partial charge on any atom is 0.234 e. The lowest BCUT2D eigenvalue weighted by Gasteiger charge is -2.21. The van der Waals surface area contributed by atoms with Crippen molar-refractivity contribution in [1.29, 1.82) is 0 Å². The molecule has 3 unspecified atom stereocenters. The van der Waals surface area contributed by atoms with E-state index in [0.29, 0.717) is 31.5 Å². The van der Waals surface area contributed by atoms with Crippen molar-refractivity contribution in [3.05, 3.63) is 0 Å². The highest BCUT2D eigenvalue weighted by atomic mass is 32.2. The van der Waals surface area contributed by atoms with E-state index in [2.05, 4.69) is 17.1 Å². The molecule has 0 saturated carbocycles. The monoisotopic (exact) mass is 289 g/mol. The summed E-state index contributed by atoms with van der Waals surface area (Å²) in [5.74, 6) is 0.661. The van der Waals surface area contributed by atoms with Crippen molar-refractivity contribution in [2.24, 2.45) is 11.7 Å². The molecule has 0 spiro atoms. The SMILES string of the molecule is CC1CC(CN)CN1CC(=O)NC1CCS(=O)(=O)C1. The first kappa shape index (κ1) is 14.7. The molecule has 0 aliphatic carbocycles. The zero-order valence-electron chi connectivity index (χ0n) is 11.3. The summed E-state index contributed by atoms with van der Waals surface area (Å²) >= 11 is 0. The van der Waals surface area contributed by atoms with Crippen molar-refractivity contribution in [1.82, 2.24) is 10.2 Å². The molecule has 2 aliphatic rings. The molecule has 7 heteroatoms. The van der Waals surface area contributed by atoms with Crippen LogP contribution in [0.2, 0.25) is 0 Å². The molecule has 0 radical (unpaired) electrons. The van der Waals surface area contributed by atoms with Gasteiger partial charge in [0, 0.05) is 18.6 Å². The quantitative estimate of drug-likeness (QED) is 0.689. The van der Waals surface area contributed by atoms with Crippen molar-refractivity contribution in [3.8, 4) is 0 Å². The Labute approximate surface area is 114 Å². The molecule has 2 saturated heterocycles. The van der Waals surface area contributed by atoms with E-state index in [1.807, 2.05) is 0 Å². The van der Waals surface area contributed by atoms with Crippen molar-refractivity contribution in [3.63, 3.8) is 0 Å². The van der Waals surface area contributed by atoms with E-state index >= 15 is 0 Å². The molecule has 0 aromatic heterocycles. The number of nitrogens with zero attached hydrogens (tertiary/aromatic N) is 1. The molecular formula is C12H23N3O3S. The average Bonchev–Trinajstić information content (AvgIpc) is 2.82. The Kier molecular flexibility index (Phi) is 4.47. The molecule has 1 amide bonds. The molecule has 2 aliphatic heterocycles.